The highest BCUT2D eigenvalue weighted by Gasteiger charge is 2.31. The van der Waals surface area contributed by atoms with Gasteiger partial charge in [0.25, 0.3) is 5.91 Å². The number of amides is 1. The number of pyridine rings is 1. The van der Waals surface area contributed by atoms with E-state index in [4.69, 9.17) is 9.47 Å². The van der Waals surface area contributed by atoms with E-state index < -0.39 is 0 Å². The number of nitrogens with zero attached hydrogens (tertiary/aromatic N) is 3. The summed E-state index contributed by atoms with van der Waals surface area (Å²) in [5.41, 5.74) is 2.33. The first kappa shape index (κ1) is 21.7. The summed E-state index contributed by atoms with van der Waals surface area (Å²) in [4.78, 5) is 21.0. The maximum absolute atomic E-state index is 12.5. The Labute approximate surface area is 195 Å². The van der Waals surface area contributed by atoms with E-state index >= 15 is 0 Å². The maximum Gasteiger partial charge on any atom is 0.251 e. The molecule has 6 nitrogen and oxygen atoms in total. The van der Waals surface area contributed by atoms with Crippen molar-refractivity contribution in [3.63, 3.8) is 0 Å². The lowest BCUT2D eigenvalue weighted by atomic mass is 10.0. The molecule has 0 saturated carbocycles. The molecule has 1 amide bonds. The standard InChI is InChI=1S/C27H31N3O3/c1-29(2)26-24-10-7-20(18-21(24)11-14-28-26)19-5-8-22(9-6-19)33-23-12-15-30(16-13-23)27(31)25-4-3-17-32-25/h5-11,14,18,23,25H,3-4,12-13,15-17H2,1-2H3. The van der Waals surface area contributed by atoms with Crippen LogP contribution in [0.4, 0.5) is 5.82 Å². The maximum atomic E-state index is 12.5. The quantitative estimate of drug-likeness (QED) is 0.578. The zero-order valence-electron chi connectivity index (χ0n) is 19.4. The zero-order chi connectivity index (χ0) is 22.8. The highest BCUT2D eigenvalue weighted by atomic mass is 16.5. The molecule has 2 aliphatic rings. The van der Waals surface area contributed by atoms with Gasteiger partial charge in [0, 0.05) is 58.2 Å². The normalized spacial score (nSPS) is 19.1. The van der Waals surface area contributed by atoms with Crippen LogP contribution in [0.1, 0.15) is 25.7 Å². The molecule has 1 atom stereocenters. The van der Waals surface area contributed by atoms with E-state index in [2.05, 4.69) is 41.4 Å². The summed E-state index contributed by atoms with van der Waals surface area (Å²) >= 11 is 0. The number of ether oxygens (including phenoxy) is 2. The highest BCUT2D eigenvalue weighted by Crippen LogP contribution is 2.30. The van der Waals surface area contributed by atoms with Crippen LogP contribution in [0.25, 0.3) is 21.9 Å². The molecule has 172 valence electrons. The van der Waals surface area contributed by atoms with Gasteiger partial charge < -0.3 is 19.3 Å². The van der Waals surface area contributed by atoms with Crippen LogP contribution in [0.2, 0.25) is 0 Å². The van der Waals surface area contributed by atoms with Gasteiger partial charge in [0.2, 0.25) is 0 Å². The number of carbonyl (C=O) groups excluding carboxylic acids is 1. The first-order valence-electron chi connectivity index (χ1n) is 11.8. The van der Waals surface area contributed by atoms with Crippen LogP contribution in [0.15, 0.2) is 54.7 Å². The van der Waals surface area contributed by atoms with Crippen molar-refractivity contribution >= 4 is 22.5 Å². The van der Waals surface area contributed by atoms with Crippen molar-refractivity contribution in [2.45, 2.75) is 37.9 Å². The van der Waals surface area contributed by atoms with Crippen LogP contribution in [0.3, 0.4) is 0 Å². The van der Waals surface area contributed by atoms with E-state index in [1.54, 1.807) is 0 Å². The van der Waals surface area contributed by atoms with Gasteiger partial charge >= 0.3 is 0 Å². The lowest BCUT2D eigenvalue weighted by Gasteiger charge is -2.33. The number of aromatic nitrogens is 1. The monoisotopic (exact) mass is 445 g/mol. The molecule has 5 rings (SSSR count). The Morgan fingerprint density at radius 2 is 1.79 bits per heavy atom. The summed E-state index contributed by atoms with van der Waals surface area (Å²) in [6.07, 6.45) is 5.32. The molecule has 2 fully saturated rings. The minimum absolute atomic E-state index is 0.141. The van der Waals surface area contributed by atoms with Crippen molar-refractivity contribution < 1.29 is 14.3 Å². The van der Waals surface area contributed by atoms with Gasteiger partial charge in [-0.1, -0.05) is 24.3 Å². The van der Waals surface area contributed by atoms with Crippen LogP contribution in [-0.4, -0.2) is 61.8 Å². The molecule has 2 saturated heterocycles. The Morgan fingerprint density at radius 3 is 2.48 bits per heavy atom. The van der Waals surface area contributed by atoms with E-state index in [9.17, 15) is 4.79 Å². The molecular formula is C27H31N3O3. The minimum atomic E-state index is -0.226. The summed E-state index contributed by atoms with van der Waals surface area (Å²) in [5.74, 6) is 2.01. The molecule has 0 N–H and O–H groups in total. The molecule has 1 unspecified atom stereocenters. The van der Waals surface area contributed by atoms with E-state index in [0.717, 1.165) is 61.3 Å². The Morgan fingerprint density at radius 1 is 1.03 bits per heavy atom. The number of hydrogen-bond donors (Lipinski definition) is 0. The molecule has 3 aromatic rings. The topological polar surface area (TPSA) is 54.9 Å². The first-order chi connectivity index (χ1) is 16.1. The first-order valence-corrected chi connectivity index (χ1v) is 11.8. The summed E-state index contributed by atoms with van der Waals surface area (Å²) < 4.78 is 11.8. The van der Waals surface area contributed by atoms with Gasteiger partial charge in [-0.2, -0.15) is 0 Å². The number of carbonyl (C=O) groups is 1. The van der Waals surface area contributed by atoms with Crippen LogP contribution in [0.5, 0.6) is 5.75 Å². The lowest BCUT2D eigenvalue weighted by Crippen LogP contribution is -2.45. The van der Waals surface area contributed by atoms with Crippen molar-refractivity contribution in [3.05, 3.63) is 54.7 Å². The third-order valence-electron chi connectivity index (χ3n) is 6.62. The summed E-state index contributed by atoms with van der Waals surface area (Å²) in [6.45, 7) is 2.18. The van der Waals surface area contributed by atoms with Crippen molar-refractivity contribution in [1.29, 1.82) is 0 Å². The number of likely N-dealkylation sites (tertiary alicyclic amines) is 1. The van der Waals surface area contributed by atoms with Gasteiger partial charge in [0.15, 0.2) is 0 Å². The average molecular weight is 446 g/mol. The van der Waals surface area contributed by atoms with Crippen molar-refractivity contribution in [3.8, 4) is 16.9 Å². The number of hydrogen-bond acceptors (Lipinski definition) is 5. The fraction of sp³-hybridized carbons (Fsp3) is 0.407. The molecular weight excluding hydrogens is 414 g/mol. The van der Waals surface area contributed by atoms with Crippen LogP contribution in [0, 0.1) is 0 Å². The van der Waals surface area contributed by atoms with Gasteiger partial charge in [0.05, 0.1) is 0 Å². The summed E-state index contributed by atoms with van der Waals surface area (Å²) in [7, 11) is 4.03. The molecule has 0 aliphatic carbocycles. The summed E-state index contributed by atoms with van der Waals surface area (Å²) in [6, 6.07) is 16.9. The van der Waals surface area contributed by atoms with Gasteiger partial charge in [-0.3, -0.25) is 4.79 Å². The molecule has 0 spiro atoms. The van der Waals surface area contributed by atoms with Crippen molar-refractivity contribution in [2.24, 2.45) is 0 Å². The largest absolute Gasteiger partial charge is 0.490 e. The molecule has 2 aliphatic heterocycles. The van der Waals surface area contributed by atoms with Gasteiger partial charge in [-0.25, -0.2) is 4.98 Å². The van der Waals surface area contributed by atoms with E-state index in [-0.39, 0.29) is 18.1 Å². The van der Waals surface area contributed by atoms with E-state index in [0.29, 0.717) is 6.61 Å². The Kier molecular flexibility index (Phi) is 6.18. The third kappa shape index (κ3) is 4.67. The number of piperidine rings is 1. The molecule has 33 heavy (non-hydrogen) atoms. The van der Waals surface area contributed by atoms with E-state index in [1.165, 1.54) is 10.9 Å². The molecule has 1 aromatic heterocycles. The van der Waals surface area contributed by atoms with Crippen molar-refractivity contribution in [1.82, 2.24) is 9.88 Å². The van der Waals surface area contributed by atoms with Crippen LogP contribution < -0.4 is 9.64 Å². The SMILES string of the molecule is CN(C)c1nccc2cc(-c3ccc(OC4CCN(C(=O)C5CCCO5)CC4)cc3)ccc12. The number of fused-ring (bicyclic) bond motifs is 1. The third-order valence-corrected chi connectivity index (χ3v) is 6.62. The Hall–Kier alpha value is -3.12. The smallest absolute Gasteiger partial charge is 0.251 e. The number of benzene rings is 2. The Balaban J connectivity index is 1.21. The van der Waals surface area contributed by atoms with Gasteiger partial charge in [-0.05, 0) is 53.6 Å². The molecule has 2 aromatic carbocycles. The average Bonchev–Trinajstić information content (AvgIpc) is 3.39. The molecule has 3 heterocycles. The molecule has 0 bridgehead atoms. The van der Waals surface area contributed by atoms with Crippen molar-refractivity contribution in [2.75, 3.05) is 38.7 Å². The van der Waals surface area contributed by atoms with Gasteiger partial charge in [-0.15, -0.1) is 0 Å². The molecule has 6 heteroatoms. The number of anilines is 1. The fourth-order valence-electron chi connectivity index (χ4n) is 4.79. The van der Waals surface area contributed by atoms with Crippen LogP contribution in [-0.2, 0) is 9.53 Å². The molecule has 0 radical (unpaired) electrons. The van der Waals surface area contributed by atoms with Gasteiger partial charge in [0.1, 0.15) is 23.8 Å². The van der Waals surface area contributed by atoms with Crippen LogP contribution >= 0.6 is 0 Å². The lowest BCUT2D eigenvalue weighted by molar-refractivity contribution is -0.142. The Bertz CT molecular complexity index is 1120. The second-order valence-electron chi connectivity index (χ2n) is 9.13. The fourth-order valence-corrected chi connectivity index (χ4v) is 4.79. The summed E-state index contributed by atoms with van der Waals surface area (Å²) in [5, 5.41) is 2.33. The zero-order valence-corrected chi connectivity index (χ0v) is 19.4. The minimum Gasteiger partial charge on any atom is -0.490 e. The highest BCUT2D eigenvalue weighted by molar-refractivity contribution is 5.94. The predicted molar refractivity (Wildman–Crippen MR) is 131 cm³/mol. The van der Waals surface area contributed by atoms with E-state index in [1.807, 2.05) is 42.2 Å². The number of rotatable bonds is 5. The second kappa shape index (κ2) is 9.40. The predicted octanol–water partition coefficient (Wildman–Crippen LogP) is 4.52. The second-order valence-corrected chi connectivity index (χ2v) is 9.13.